The monoisotopic (exact) mass is 355 g/mol. The summed E-state index contributed by atoms with van der Waals surface area (Å²) in [6, 6.07) is 8.16. The Balaban J connectivity index is 1.66. The number of likely N-dealkylation sites (tertiary alicyclic amines) is 2. The molecule has 26 heavy (non-hydrogen) atoms. The highest BCUT2D eigenvalue weighted by Gasteiger charge is 2.43. The molecule has 2 aliphatic heterocycles. The molecule has 3 rings (SSSR count). The number of amides is 2. The minimum atomic E-state index is -0.318. The van der Waals surface area contributed by atoms with Crippen molar-refractivity contribution in [3.05, 3.63) is 48.0 Å². The van der Waals surface area contributed by atoms with Crippen LogP contribution in [0.3, 0.4) is 0 Å². The Hall–Kier alpha value is -2.14. The molecule has 0 radical (unpaired) electrons. The van der Waals surface area contributed by atoms with Crippen molar-refractivity contribution in [2.75, 3.05) is 26.7 Å². The lowest BCUT2D eigenvalue weighted by Crippen LogP contribution is -2.47. The van der Waals surface area contributed by atoms with Crippen molar-refractivity contribution in [2.24, 2.45) is 5.92 Å². The van der Waals surface area contributed by atoms with E-state index in [0.29, 0.717) is 0 Å². The average Bonchev–Trinajstić information content (AvgIpc) is 2.93. The summed E-state index contributed by atoms with van der Waals surface area (Å²) >= 11 is 0. The fourth-order valence-corrected chi connectivity index (χ4v) is 4.08. The van der Waals surface area contributed by atoms with Crippen molar-refractivity contribution in [2.45, 2.75) is 38.3 Å². The third kappa shape index (κ3) is 3.98. The fraction of sp³-hybridized carbons (Fsp3) is 0.524. The summed E-state index contributed by atoms with van der Waals surface area (Å²) in [5.74, 6) is -0.270. The number of hydrogen-bond donors (Lipinski definition) is 1. The number of piperidine rings is 1. The molecule has 0 aromatic heterocycles. The highest BCUT2D eigenvalue weighted by atomic mass is 16.2. The van der Waals surface area contributed by atoms with Crippen LogP contribution >= 0.6 is 0 Å². The highest BCUT2D eigenvalue weighted by molar-refractivity contribution is 5.90. The van der Waals surface area contributed by atoms with Gasteiger partial charge in [-0.25, -0.2) is 0 Å². The molecule has 5 nitrogen and oxygen atoms in total. The number of nitrogens with zero attached hydrogens (tertiary/aromatic N) is 2. The van der Waals surface area contributed by atoms with E-state index in [4.69, 9.17) is 0 Å². The van der Waals surface area contributed by atoms with Gasteiger partial charge in [0.05, 0.1) is 12.0 Å². The van der Waals surface area contributed by atoms with E-state index in [2.05, 4.69) is 16.8 Å². The molecule has 5 heteroatoms. The summed E-state index contributed by atoms with van der Waals surface area (Å²) < 4.78 is 0. The Morgan fingerprint density at radius 2 is 1.92 bits per heavy atom. The van der Waals surface area contributed by atoms with Crippen LogP contribution in [0, 0.1) is 12.8 Å². The van der Waals surface area contributed by atoms with Crippen molar-refractivity contribution in [3.63, 3.8) is 0 Å². The summed E-state index contributed by atoms with van der Waals surface area (Å²) in [6.07, 6.45) is 4.11. The second kappa shape index (κ2) is 8.04. The van der Waals surface area contributed by atoms with Gasteiger partial charge < -0.3 is 10.2 Å². The number of nitrogens with one attached hydrogen (secondary N) is 1. The lowest BCUT2D eigenvalue weighted by atomic mass is 9.91. The molecule has 1 N–H and O–H groups in total. The van der Waals surface area contributed by atoms with Crippen LogP contribution in [0.5, 0.6) is 0 Å². The molecular weight excluding hydrogens is 326 g/mol. The van der Waals surface area contributed by atoms with Gasteiger partial charge in [0.15, 0.2) is 0 Å². The van der Waals surface area contributed by atoms with E-state index in [-0.39, 0.29) is 36.2 Å². The normalized spacial score (nSPS) is 24.7. The van der Waals surface area contributed by atoms with Crippen molar-refractivity contribution in [1.29, 1.82) is 0 Å². The second-order valence-electron chi connectivity index (χ2n) is 7.54. The van der Waals surface area contributed by atoms with Crippen LogP contribution < -0.4 is 5.32 Å². The van der Waals surface area contributed by atoms with E-state index in [0.717, 1.165) is 38.0 Å². The third-order valence-electron chi connectivity index (χ3n) is 5.66. The lowest BCUT2D eigenvalue weighted by Gasteiger charge is -2.33. The van der Waals surface area contributed by atoms with Crippen LogP contribution in [0.25, 0.3) is 0 Å². The molecule has 2 atom stereocenters. The van der Waals surface area contributed by atoms with Gasteiger partial charge in [-0.2, -0.15) is 0 Å². The molecule has 2 fully saturated rings. The van der Waals surface area contributed by atoms with Gasteiger partial charge in [0.25, 0.3) is 0 Å². The molecule has 1 aromatic carbocycles. The second-order valence-corrected chi connectivity index (χ2v) is 7.54. The Labute approximate surface area is 156 Å². The highest BCUT2D eigenvalue weighted by Crippen LogP contribution is 2.37. The number of carbonyl (C=O) groups is 2. The quantitative estimate of drug-likeness (QED) is 0.825. The summed E-state index contributed by atoms with van der Waals surface area (Å²) in [7, 11) is 1.80. The standard InChI is InChI=1S/C21H29N3O2/c1-4-11-24-12-9-17(10-13-24)22-21(26)18-14-19(25)23(3)20(18)16-7-5-15(2)6-8-16/h4-8,17-18,20H,1,9-14H2,2-3H3,(H,22,26)/t18-,20-/m0/s1. The molecule has 2 amide bonds. The maximum atomic E-state index is 12.9. The van der Waals surface area contributed by atoms with E-state index in [1.165, 1.54) is 5.56 Å². The van der Waals surface area contributed by atoms with Gasteiger partial charge in [0.1, 0.15) is 0 Å². The molecule has 2 aliphatic rings. The van der Waals surface area contributed by atoms with Crippen LogP contribution in [-0.4, -0.2) is 54.3 Å². The SMILES string of the molecule is C=CCN1CCC(NC(=O)[C@H]2CC(=O)N(C)[C@H]2c2ccc(C)cc2)CC1. The molecule has 0 saturated carbocycles. The van der Waals surface area contributed by atoms with Gasteiger partial charge in [0, 0.05) is 39.1 Å². The van der Waals surface area contributed by atoms with Crippen molar-refractivity contribution in [3.8, 4) is 0 Å². The van der Waals surface area contributed by atoms with Crippen molar-refractivity contribution >= 4 is 11.8 Å². The molecule has 0 bridgehead atoms. The van der Waals surface area contributed by atoms with E-state index in [1.54, 1.807) is 11.9 Å². The third-order valence-corrected chi connectivity index (χ3v) is 5.66. The predicted molar refractivity (Wildman–Crippen MR) is 103 cm³/mol. The molecule has 2 heterocycles. The number of hydrogen-bond acceptors (Lipinski definition) is 3. The topological polar surface area (TPSA) is 52.7 Å². The first-order chi connectivity index (χ1) is 12.5. The minimum absolute atomic E-state index is 0.00967. The average molecular weight is 355 g/mol. The molecule has 140 valence electrons. The maximum absolute atomic E-state index is 12.9. The van der Waals surface area contributed by atoms with Gasteiger partial charge >= 0.3 is 0 Å². The lowest BCUT2D eigenvalue weighted by molar-refractivity contribution is -0.128. The summed E-state index contributed by atoms with van der Waals surface area (Å²) in [4.78, 5) is 29.3. The van der Waals surface area contributed by atoms with E-state index >= 15 is 0 Å². The fourth-order valence-electron chi connectivity index (χ4n) is 4.08. The zero-order chi connectivity index (χ0) is 18.7. The van der Waals surface area contributed by atoms with Gasteiger partial charge in [-0.1, -0.05) is 35.9 Å². The van der Waals surface area contributed by atoms with Crippen LogP contribution in [-0.2, 0) is 9.59 Å². The first-order valence-corrected chi connectivity index (χ1v) is 9.45. The van der Waals surface area contributed by atoms with E-state index in [9.17, 15) is 9.59 Å². The van der Waals surface area contributed by atoms with E-state index < -0.39 is 0 Å². The summed E-state index contributed by atoms with van der Waals surface area (Å²) in [6.45, 7) is 8.67. The van der Waals surface area contributed by atoms with Gasteiger partial charge in [-0.05, 0) is 25.3 Å². The van der Waals surface area contributed by atoms with Gasteiger partial charge in [-0.15, -0.1) is 6.58 Å². The molecule has 0 spiro atoms. The Morgan fingerprint density at radius 3 is 2.54 bits per heavy atom. The molecule has 2 saturated heterocycles. The van der Waals surface area contributed by atoms with Crippen molar-refractivity contribution < 1.29 is 9.59 Å². The van der Waals surface area contributed by atoms with Crippen molar-refractivity contribution in [1.82, 2.24) is 15.1 Å². The van der Waals surface area contributed by atoms with E-state index in [1.807, 2.05) is 37.3 Å². The van der Waals surface area contributed by atoms with Crippen LogP contribution in [0.15, 0.2) is 36.9 Å². The zero-order valence-electron chi connectivity index (χ0n) is 15.8. The largest absolute Gasteiger partial charge is 0.353 e. The maximum Gasteiger partial charge on any atom is 0.226 e. The smallest absolute Gasteiger partial charge is 0.226 e. The Kier molecular flexibility index (Phi) is 5.77. The summed E-state index contributed by atoms with van der Waals surface area (Å²) in [5.41, 5.74) is 2.21. The Morgan fingerprint density at radius 1 is 1.27 bits per heavy atom. The number of carbonyl (C=O) groups excluding carboxylic acids is 2. The number of rotatable bonds is 5. The molecule has 0 unspecified atom stereocenters. The number of aryl methyl sites for hydroxylation is 1. The molecular formula is C21H29N3O2. The first-order valence-electron chi connectivity index (χ1n) is 9.45. The van der Waals surface area contributed by atoms with Gasteiger partial charge in [0.2, 0.25) is 11.8 Å². The number of benzene rings is 1. The van der Waals surface area contributed by atoms with Crippen LogP contribution in [0.2, 0.25) is 0 Å². The van der Waals surface area contributed by atoms with Gasteiger partial charge in [-0.3, -0.25) is 14.5 Å². The molecule has 0 aliphatic carbocycles. The molecule has 1 aromatic rings. The Bertz CT molecular complexity index is 662. The predicted octanol–water partition coefficient (Wildman–Crippen LogP) is 2.28. The van der Waals surface area contributed by atoms with Crippen LogP contribution in [0.4, 0.5) is 0 Å². The van der Waals surface area contributed by atoms with Crippen LogP contribution in [0.1, 0.15) is 36.4 Å². The zero-order valence-corrected chi connectivity index (χ0v) is 15.8. The first kappa shape index (κ1) is 18.6. The minimum Gasteiger partial charge on any atom is -0.353 e. The summed E-state index contributed by atoms with van der Waals surface area (Å²) in [5, 5.41) is 3.21.